The van der Waals surface area contributed by atoms with Gasteiger partial charge in [0.2, 0.25) is 18.3 Å². The number of ether oxygens (including phenoxy) is 4. The van der Waals surface area contributed by atoms with Crippen LogP contribution in [0.4, 0.5) is 0 Å². The number of hydrogen-bond acceptors (Lipinski definition) is 5. The Hall–Kier alpha value is -2.60. The van der Waals surface area contributed by atoms with Crippen molar-refractivity contribution >= 4 is 17.5 Å². The lowest BCUT2D eigenvalue weighted by Gasteiger charge is -2.19. The van der Waals surface area contributed by atoms with E-state index < -0.39 is 0 Å². The molecular formula is C19H20ClNO5. The van der Waals surface area contributed by atoms with Crippen molar-refractivity contribution in [3.05, 3.63) is 46.5 Å². The predicted molar refractivity (Wildman–Crippen MR) is 97.8 cm³/mol. The van der Waals surface area contributed by atoms with Gasteiger partial charge in [-0.05, 0) is 31.5 Å². The van der Waals surface area contributed by atoms with Crippen LogP contribution in [0.3, 0.4) is 0 Å². The van der Waals surface area contributed by atoms with E-state index in [0.717, 1.165) is 5.56 Å². The summed E-state index contributed by atoms with van der Waals surface area (Å²) >= 11 is 6.09. The highest BCUT2D eigenvalue weighted by Crippen LogP contribution is 2.49. The maximum Gasteiger partial charge on any atom is 0.253 e. The van der Waals surface area contributed by atoms with Gasteiger partial charge in [0.15, 0.2) is 11.5 Å². The quantitative estimate of drug-likeness (QED) is 0.835. The molecule has 1 aliphatic rings. The second kappa shape index (κ2) is 7.74. The Morgan fingerprint density at radius 1 is 1.23 bits per heavy atom. The van der Waals surface area contributed by atoms with E-state index in [1.54, 1.807) is 38.5 Å². The lowest BCUT2D eigenvalue weighted by Crippen LogP contribution is -2.34. The van der Waals surface area contributed by atoms with Crippen LogP contribution < -0.4 is 24.3 Å². The predicted octanol–water partition coefficient (Wildman–Crippen LogP) is 3.45. The number of carbonyl (C=O) groups is 1. The maximum absolute atomic E-state index is 12.4. The van der Waals surface area contributed by atoms with Crippen LogP contribution in [-0.2, 0) is 6.42 Å². The summed E-state index contributed by atoms with van der Waals surface area (Å²) in [5.41, 5.74) is 1.29. The van der Waals surface area contributed by atoms with E-state index in [-0.39, 0.29) is 18.7 Å². The lowest BCUT2D eigenvalue weighted by atomic mass is 10.0. The highest BCUT2D eigenvalue weighted by Gasteiger charge is 2.27. The summed E-state index contributed by atoms with van der Waals surface area (Å²) in [6, 6.07) is 8.62. The SMILES string of the molecule is COc1c(C[C@@H](C)NC(=O)c2ccccc2Cl)cc2c(c1OC)OCO2. The molecule has 7 heteroatoms. The molecule has 1 N–H and O–H groups in total. The number of halogens is 1. The van der Waals surface area contributed by atoms with Crippen LogP contribution in [0, 0.1) is 0 Å². The summed E-state index contributed by atoms with van der Waals surface area (Å²) < 4.78 is 21.9. The van der Waals surface area contributed by atoms with Gasteiger partial charge in [-0.15, -0.1) is 0 Å². The zero-order valence-electron chi connectivity index (χ0n) is 14.8. The fourth-order valence-corrected chi connectivity index (χ4v) is 3.16. The minimum atomic E-state index is -0.227. The van der Waals surface area contributed by atoms with Gasteiger partial charge in [-0.3, -0.25) is 4.79 Å². The zero-order chi connectivity index (χ0) is 18.7. The number of methoxy groups -OCH3 is 2. The third-order valence-corrected chi connectivity index (χ3v) is 4.41. The van der Waals surface area contributed by atoms with Crippen LogP contribution in [0.15, 0.2) is 30.3 Å². The summed E-state index contributed by atoms with van der Waals surface area (Å²) in [7, 11) is 3.11. The van der Waals surface area contributed by atoms with Crippen molar-refractivity contribution < 1.29 is 23.7 Å². The minimum Gasteiger partial charge on any atom is -0.492 e. The molecule has 6 nitrogen and oxygen atoms in total. The van der Waals surface area contributed by atoms with Gasteiger partial charge in [0.05, 0.1) is 24.8 Å². The standard InChI is InChI=1S/C19H20ClNO5/c1-11(21-19(22)13-6-4-5-7-14(13)20)8-12-9-15-17(26-10-25-15)18(24-3)16(12)23-2/h4-7,9,11H,8,10H2,1-3H3,(H,21,22)/t11-/m1/s1. The molecule has 1 amide bonds. The molecule has 1 aliphatic heterocycles. The number of nitrogens with one attached hydrogen (secondary N) is 1. The highest BCUT2D eigenvalue weighted by molar-refractivity contribution is 6.33. The Bertz CT molecular complexity index is 824. The average molecular weight is 378 g/mol. The molecule has 0 saturated carbocycles. The lowest BCUT2D eigenvalue weighted by molar-refractivity contribution is 0.0940. The van der Waals surface area contributed by atoms with Crippen molar-refractivity contribution in [3.8, 4) is 23.0 Å². The smallest absolute Gasteiger partial charge is 0.253 e. The van der Waals surface area contributed by atoms with Crippen molar-refractivity contribution in [3.63, 3.8) is 0 Å². The molecule has 3 rings (SSSR count). The number of rotatable bonds is 6. The minimum absolute atomic E-state index is 0.136. The van der Waals surface area contributed by atoms with E-state index in [9.17, 15) is 4.79 Å². The molecule has 26 heavy (non-hydrogen) atoms. The fraction of sp³-hybridized carbons (Fsp3) is 0.316. The molecule has 2 aromatic rings. The molecule has 2 aromatic carbocycles. The second-order valence-electron chi connectivity index (χ2n) is 5.89. The van der Waals surface area contributed by atoms with E-state index in [4.69, 9.17) is 30.5 Å². The van der Waals surface area contributed by atoms with Gasteiger partial charge < -0.3 is 24.3 Å². The van der Waals surface area contributed by atoms with Crippen molar-refractivity contribution in [2.24, 2.45) is 0 Å². The van der Waals surface area contributed by atoms with Gasteiger partial charge in [-0.25, -0.2) is 0 Å². The highest BCUT2D eigenvalue weighted by atomic mass is 35.5. The molecule has 138 valence electrons. The Morgan fingerprint density at radius 2 is 1.96 bits per heavy atom. The number of carbonyl (C=O) groups excluding carboxylic acids is 1. The first-order valence-electron chi connectivity index (χ1n) is 8.14. The van der Waals surface area contributed by atoms with Crippen molar-refractivity contribution in [2.75, 3.05) is 21.0 Å². The van der Waals surface area contributed by atoms with Gasteiger partial charge in [-0.2, -0.15) is 0 Å². The van der Waals surface area contributed by atoms with E-state index in [1.165, 1.54) is 0 Å². The third-order valence-electron chi connectivity index (χ3n) is 4.08. The van der Waals surface area contributed by atoms with Crippen LogP contribution in [0.2, 0.25) is 5.02 Å². The first kappa shape index (κ1) is 18.2. The fourth-order valence-electron chi connectivity index (χ4n) is 2.93. The van der Waals surface area contributed by atoms with Gasteiger partial charge >= 0.3 is 0 Å². The third kappa shape index (κ3) is 3.51. The second-order valence-corrected chi connectivity index (χ2v) is 6.30. The molecule has 1 heterocycles. The van der Waals surface area contributed by atoms with E-state index >= 15 is 0 Å². The van der Waals surface area contributed by atoms with Gasteiger partial charge in [0.1, 0.15) is 0 Å². The molecule has 0 radical (unpaired) electrons. The number of hydrogen-bond donors (Lipinski definition) is 1. The molecule has 0 fully saturated rings. The summed E-state index contributed by atoms with van der Waals surface area (Å²) in [5, 5.41) is 3.37. The molecular weight excluding hydrogens is 358 g/mol. The van der Waals surface area contributed by atoms with E-state index in [2.05, 4.69) is 5.32 Å². The Morgan fingerprint density at radius 3 is 2.65 bits per heavy atom. The Kier molecular flexibility index (Phi) is 5.42. The monoisotopic (exact) mass is 377 g/mol. The van der Waals surface area contributed by atoms with Crippen molar-refractivity contribution in [1.82, 2.24) is 5.32 Å². The summed E-state index contributed by atoms with van der Waals surface area (Å²) in [4.78, 5) is 12.4. The molecule has 0 bridgehead atoms. The molecule has 0 unspecified atom stereocenters. The molecule has 0 saturated heterocycles. The van der Waals surface area contributed by atoms with Crippen LogP contribution in [0.25, 0.3) is 0 Å². The normalized spacial score (nSPS) is 13.2. The van der Waals surface area contributed by atoms with Crippen LogP contribution >= 0.6 is 11.6 Å². The summed E-state index contributed by atoms with van der Waals surface area (Å²) in [5.74, 6) is 1.95. The average Bonchev–Trinajstić information content (AvgIpc) is 3.08. The van der Waals surface area contributed by atoms with Gasteiger partial charge in [0.25, 0.3) is 5.91 Å². The Labute approximate surface area is 157 Å². The first-order valence-corrected chi connectivity index (χ1v) is 8.51. The molecule has 0 aliphatic carbocycles. The molecule has 1 atom stereocenters. The van der Waals surface area contributed by atoms with Crippen LogP contribution in [0.1, 0.15) is 22.8 Å². The Balaban J connectivity index is 1.80. The summed E-state index contributed by atoms with van der Waals surface area (Å²) in [6.07, 6.45) is 0.520. The number of fused-ring (bicyclic) bond motifs is 1. The topological polar surface area (TPSA) is 66.0 Å². The maximum atomic E-state index is 12.4. The van der Waals surface area contributed by atoms with E-state index in [0.29, 0.717) is 40.0 Å². The largest absolute Gasteiger partial charge is 0.492 e. The van der Waals surface area contributed by atoms with Gasteiger partial charge in [-0.1, -0.05) is 23.7 Å². The van der Waals surface area contributed by atoms with Crippen LogP contribution in [0.5, 0.6) is 23.0 Å². The van der Waals surface area contributed by atoms with Crippen molar-refractivity contribution in [1.29, 1.82) is 0 Å². The number of benzene rings is 2. The zero-order valence-corrected chi connectivity index (χ0v) is 15.6. The van der Waals surface area contributed by atoms with E-state index in [1.807, 2.05) is 13.0 Å². The number of amides is 1. The van der Waals surface area contributed by atoms with Crippen molar-refractivity contribution in [2.45, 2.75) is 19.4 Å². The van der Waals surface area contributed by atoms with Crippen LogP contribution in [-0.4, -0.2) is 33.0 Å². The van der Waals surface area contributed by atoms with Gasteiger partial charge in [0, 0.05) is 11.6 Å². The summed E-state index contributed by atoms with van der Waals surface area (Å²) in [6.45, 7) is 2.04. The molecule has 0 aromatic heterocycles. The first-order chi connectivity index (χ1) is 12.5. The molecule has 0 spiro atoms.